The highest BCUT2D eigenvalue weighted by molar-refractivity contribution is 9.10. The Balaban J connectivity index is 1.64. The van der Waals surface area contributed by atoms with Gasteiger partial charge in [-0.05, 0) is 72.2 Å². The van der Waals surface area contributed by atoms with E-state index in [1.165, 1.54) is 0 Å². The van der Waals surface area contributed by atoms with Gasteiger partial charge in [0.25, 0.3) is 11.8 Å². The fourth-order valence-corrected chi connectivity index (χ4v) is 2.91. The lowest BCUT2D eigenvalue weighted by molar-refractivity contribution is 0.0928. The summed E-state index contributed by atoms with van der Waals surface area (Å²) in [7, 11) is 0. The zero-order chi connectivity index (χ0) is 16.9. The molecule has 6 nitrogen and oxygen atoms in total. The second-order valence-electron chi connectivity index (χ2n) is 5.64. The monoisotopic (exact) mass is 391 g/mol. The predicted molar refractivity (Wildman–Crippen MR) is 94.2 cm³/mol. The van der Waals surface area contributed by atoms with Crippen molar-refractivity contribution < 1.29 is 14.0 Å². The smallest absolute Gasteiger partial charge is 0.291 e. The minimum Gasteiger partial charge on any atom is -0.444 e. The molecule has 1 saturated heterocycles. The molecule has 0 spiro atoms. The van der Waals surface area contributed by atoms with Crippen LogP contribution >= 0.6 is 15.9 Å². The molecule has 0 bridgehead atoms. The number of nitrogens with one attached hydrogen (secondary N) is 3. The molecular weight excluding hydrogens is 374 g/mol. The number of hydrogen-bond donors (Lipinski definition) is 3. The van der Waals surface area contributed by atoms with E-state index >= 15 is 0 Å². The van der Waals surface area contributed by atoms with E-state index in [-0.39, 0.29) is 23.6 Å². The van der Waals surface area contributed by atoms with E-state index in [4.69, 9.17) is 4.42 Å². The summed E-state index contributed by atoms with van der Waals surface area (Å²) in [5, 5.41) is 9.03. The summed E-state index contributed by atoms with van der Waals surface area (Å²) in [6.45, 7) is 1.83. The van der Waals surface area contributed by atoms with Crippen molar-refractivity contribution in [2.45, 2.75) is 18.9 Å². The van der Waals surface area contributed by atoms with Crippen LogP contribution in [0.15, 0.2) is 45.5 Å². The van der Waals surface area contributed by atoms with E-state index in [9.17, 15) is 9.59 Å². The molecule has 1 aromatic carbocycles. The first-order chi connectivity index (χ1) is 11.6. The molecular formula is C17H18BrN3O3. The standard InChI is InChI=1S/C17H18BrN3O3/c18-15-5-4-14(24-15)17(23)21-13-3-1-2-11(10-13)16(22)20-12-6-8-19-9-7-12/h1-5,10,12,19H,6-9H2,(H,20,22)(H,21,23). The lowest BCUT2D eigenvalue weighted by Crippen LogP contribution is -2.42. The van der Waals surface area contributed by atoms with Crippen molar-refractivity contribution >= 4 is 33.4 Å². The van der Waals surface area contributed by atoms with Crippen molar-refractivity contribution in [2.75, 3.05) is 18.4 Å². The molecule has 126 valence electrons. The number of carbonyl (C=O) groups is 2. The van der Waals surface area contributed by atoms with E-state index in [0.717, 1.165) is 25.9 Å². The zero-order valence-corrected chi connectivity index (χ0v) is 14.6. The molecule has 2 heterocycles. The number of amides is 2. The van der Waals surface area contributed by atoms with Gasteiger partial charge in [-0.2, -0.15) is 0 Å². The number of benzene rings is 1. The maximum atomic E-state index is 12.4. The lowest BCUT2D eigenvalue weighted by atomic mass is 10.1. The van der Waals surface area contributed by atoms with E-state index < -0.39 is 0 Å². The molecule has 2 amide bonds. The van der Waals surface area contributed by atoms with Crippen LogP contribution in [0.3, 0.4) is 0 Å². The van der Waals surface area contributed by atoms with Crippen LogP contribution < -0.4 is 16.0 Å². The van der Waals surface area contributed by atoms with Crippen molar-refractivity contribution in [1.82, 2.24) is 10.6 Å². The second-order valence-corrected chi connectivity index (χ2v) is 6.42. The molecule has 2 aromatic rings. The molecule has 3 N–H and O–H groups in total. The Morgan fingerprint density at radius 1 is 1.12 bits per heavy atom. The SMILES string of the molecule is O=C(NC1CCNCC1)c1cccc(NC(=O)c2ccc(Br)o2)c1. The van der Waals surface area contributed by atoms with Crippen LogP contribution in [0.2, 0.25) is 0 Å². The Morgan fingerprint density at radius 3 is 2.62 bits per heavy atom. The highest BCUT2D eigenvalue weighted by atomic mass is 79.9. The molecule has 1 aliphatic rings. The molecule has 0 aliphatic carbocycles. The van der Waals surface area contributed by atoms with Crippen LogP contribution in [-0.2, 0) is 0 Å². The summed E-state index contributed by atoms with van der Waals surface area (Å²) in [6, 6.07) is 10.3. The molecule has 0 radical (unpaired) electrons. The predicted octanol–water partition coefficient (Wildman–Crippen LogP) is 2.78. The average molecular weight is 392 g/mol. The zero-order valence-electron chi connectivity index (χ0n) is 13.0. The second kappa shape index (κ2) is 7.63. The highest BCUT2D eigenvalue weighted by Gasteiger charge is 2.17. The average Bonchev–Trinajstić information content (AvgIpc) is 3.03. The highest BCUT2D eigenvalue weighted by Crippen LogP contribution is 2.17. The first kappa shape index (κ1) is 16.7. The third-order valence-electron chi connectivity index (χ3n) is 3.85. The summed E-state index contributed by atoms with van der Waals surface area (Å²) in [5.41, 5.74) is 1.07. The Bertz CT molecular complexity index is 738. The Labute approximate surface area is 148 Å². The fourth-order valence-electron chi connectivity index (χ4n) is 2.60. The van der Waals surface area contributed by atoms with Crippen molar-refractivity contribution in [2.24, 2.45) is 0 Å². The van der Waals surface area contributed by atoms with Crippen LogP contribution in [-0.4, -0.2) is 30.9 Å². The number of anilines is 1. The van der Waals surface area contributed by atoms with Gasteiger partial charge in [0, 0.05) is 17.3 Å². The number of carbonyl (C=O) groups excluding carboxylic acids is 2. The summed E-state index contributed by atoms with van der Waals surface area (Å²) in [6.07, 6.45) is 1.85. The van der Waals surface area contributed by atoms with Gasteiger partial charge >= 0.3 is 0 Å². The molecule has 24 heavy (non-hydrogen) atoms. The van der Waals surface area contributed by atoms with Crippen LogP contribution in [0.5, 0.6) is 0 Å². The normalized spacial score (nSPS) is 15.0. The third kappa shape index (κ3) is 4.24. The molecule has 1 aromatic heterocycles. The maximum absolute atomic E-state index is 12.4. The van der Waals surface area contributed by atoms with E-state index in [1.807, 2.05) is 0 Å². The number of furan rings is 1. The summed E-state index contributed by atoms with van der Waals surface area (Å²) < 4.78 is 5.70. The summed E-state index contributed by atoms with van der Waals surface area (Å²) >= 11 is 3.16. The van der Waals surface area contributed by atoms with Crippen LogP contribution in [0.25, 0.3) is 0 Å². The van der Waals surface area contributed by atoms with Gasteiger partial charge in [0.1, 0.15) is 0 Å². The summed E-state index contributed by atoms with van der Waals surface area (Å²) in [4.78, 5) is 24.4. The van der Waals surface area contributed by atoms with Crippen LogP contribution in [0.4, 0.5) is 5.69 Å². The molecule has 1 aliphatic heterocycles. The van der Waals surface area contributed by atoms with Crippen molar-refractivity contribution in [3.63, 3.8) is 0 Å². The van der Waals surface area contributed by atoms with Gasteiger partial charge in [-0.15, -0.1) is 0 Å². The molecule has 0 saturated carbocycles. The van der Waals surface area contributed by atoms with Crippen molar-refractivity contribution in [3.05, 3.63) is 52.4 Å². The topological polar surface area (TPSA) is 83.4 Å². The number of rotatable bonds is 4. The third-order valence-corrected chi connectivity index (χ3v) is 4.28. The molecule has 1 fully saturated rings. The fraction of sp³-hybridized carbons (Fsp3) is 0.294. The molecule has 0 unspecified atom stereocenters. The first-order valence-corrected chi connectivity index (χ1v) is 8.59. The Kier molecular flexibility index (Phi) is 5.32. The minimum absolute atomic E-state index is 0.126. The van der Waals surface area contributed by atoms with Gasteiger partial charge in [-0.25, -0.2) is 0 Å². The quantitative estimate of drug-likeness (QED) is 0.747. The van der Waals surface area contributed by atoms with Crippen LogP contribution in [0, 0.1) is 0 Å². The van der Waals surface area contributed by atoms with E-state index in [2.05, 4.69) is 31.9 Å². The summed E-state index contributed by atoms with van der Waals surface area (Å²) in [5.74, 6) is -0.290. The van der Waals surface area contributed by atoms with Gasteiger partial charge in [-0.3, -0.25) is 9.59 Å². The number of piperidine rings is 1. The minimum atomic E-state index is -0.364. The first-order valence-electron chi connectivity index (χ1n) is 7.80. The molecule has 0 atom stereocenters. The van der Waals surface area contributed by atoms with Crippen molar-refractivity contribution in [1.29, 1.82) is 0 Å². The van der Waals surface area contributed by atoms with E-state index in [0.29, 0.717) is 15.9 Å². The van der Waals surface area contributed by atoms with Crippen LogP contribution in [0.1, 0.15) is 33.8 Å². The molecule has 7 heteroatoms. The van der Waals surface area contributed by atoms with Gasteiger partial charge in [0.05, 0.1) is 0 Å². The number of hydrogen-bond acceptors (Lipinski definition) is 4. The van der Waals surface area contributed by atoms with E-state index in [1.54, 1.807) is 36.4 Å². The van der Waals surface area contributed by atoms with Gasteiger partial charge in [-0.1, -0.05) is 6.07 Å². The van der Waals surface area contributed by atoms with Gasteiger partial charge < -0.3 is 20.4 Å². The van der Waals surface area contributed by atoms with Crippen molar-refractivity contribution in [3.8, 4) is 0 Å². The lowest BCUT2D eigenvalue weighted by Gasteiger charge is -2.23. The van der Waals surface area contributed by atoms with Gasteiger partial charge in [0.2, 0.25) is 0 Å². The largest absolute Gasteiger partial charge is 0.444 e. The Morgan fingerprint density at radius 2 is 1.92 bits per heavy atom. The Hall–Kier alpha value is -2.12. The maximum Gasteiger partial charge on any atom is 0.291 e. The van der Waals surface area contributed by atoms with Gasteiger partial charge in [0.15, 0.2) is 10.4 Å². The molecule has 3 rings (SSSR count). The number of halogens is 1.